The Morgan fingerprint density at radius 2 is 2.15 bits per heavy atom. The van der Waals surface area contributed by atoms with Crippen molar-refractivity contribution in [3.63, 3.8) is 0 Å². The van der Waals surface area contributed by atoms with Crippen molar-refractivity contribution in [1.82, 2.24) is 10.6 Å². The molecule has 26 heavy (non-hydrogen) atoms. The predicted molar refractivity (Wildman–Crippen MR) is 101 cm³/mol. The van der Waals surface area contributed by atoms with Gasteiger partial charge in [-0.2, -0.15) is 0 Å². The number of hydrogen-bond donors (Lipinski definition) is 3. The second kappa shape index (κ2) is 7.92. The largest absolute Gasteiger partial charge is 0.393 e. The van der Waals surface area contributed by atoms with E-state index in [4.69, 9.17) is 0 Å². The quantitative estimate of drug-likeness (QED) is 0.768. The molecule has 0 unspecified atom stereocenters. The van der Waals surface area contributed by atoms with E-state index in [-0.39, 0.29) is 23.9 Å². The van der Waals surface area contributed by atoms with Gasteiger partial charge < -0.3 is 20.6 Å². The molecule has 0 spiro atoms. The summed E-state index contributed by atoms with van der Waals surface area (Å²) in [6.07, 6.45) is 3.01. The minimum Gasteiger partial charge on any atom is -0.393 e. The van der Waals surface area contributed by atoms with Gasteiger partial charge in [0.05, 0.1) is 17.6 Å². The van der Waals surface area contributed by atoms with Crippen LogP contribution >= 0.6 is 0 Å². The van der Waals surface area contributed by atoms with Crippen molar-refractivity contribution in [1.29, 1.82) is 0 Å². The average molecular weight is 363 g/mol. The maximum atomic E-state index is 13.9. The Bertz CT molecular complexity index is 638. The van der Waals surface area contributed by atoms with E-state index < -0.39 is 5.41 Å². The van der Waals surface area contributed by atoms with Crippen molar-refractivity contribution in [3.8, 4) is 0 Å². The van der Waals surface area contributed by atoms with Crippen LogP contribution in [0, 0.1) is 11.2 Å². The summed E-state index contributed by atoms with van der Waals surface area (Å²) in [7, 11) is 0. The van der Waals surface area contributed by atoms with Gasteiger partial charge in [0.15, 0.2) is 0 Å². The molecule has 2 aliphatic rings. The molecule has 2 fully saturated rings. The lowest BCUT2D eigenvalue weighted by molar-refractivity contribution is -0.131. The van der Waals surface area contributed by atoms with Crippen LogP contribution in [0.3, 0.4) is 0 Å². The molecule has 144 valence electrons. The highest BCUT2D eigenvalue weighted by atomic mass is 19.1. The Hall–Kier alpha value is -1.66. The number of carbonyl (C=O) groups excluding carboxylic acids is 1. The van der Waals surface area contributed by atoms with Gasteiger partial charge in [-0.25, -0.2) is 4.39 Å². The van der Waals surface area contributed by atoms with E-state index in [1.165, 1.54) is 12.1 Å². The summed E-state index contributed by atoms with van der Waals surface area (Å²) in [6.45, 7) is 7.00. The van der Waals surface area contributed by atoms with Crippen LogP contribution in [0.4, 0.5) is 10.1 Å². The number of amides is 1. The summed E-state index contributed by atoms with van der Waals surface area (Å²) in [5, 5.41) is 16.1. The van der Waals surface area contributed by atoms with Gasteiger partial charge in [-0.05, 0) is 64.3 Å². The van der Waals surface area contributed by atoms with Crippen LogP contribution in [0.15, 0.2) is 18.2 Å². The maximum absolute atomic E-state index is 13.9. The van der Waals surface area contributed by atoms with Crippen LogP contribution in [0.1, 0.15) is 51.1 Å². The van der Waals surface area contributed by atoms with Crippen LogP contribution < -0.4 is 15.5 Å². The van der Waals surface area contributed by atoms with Gasteiger partial charge in [0, 0.05) is 30.9 Å². The van der Waals surface area contributed by atoms with E-state index in [9.17, 15) is 14.3 Å². The Kier molecular flexibility index (Phi) is 5.82. The van der Waals surface area contributed by atoms with Gasteiger partial charge in [-0.1, -0.05) is 0 Å². The van der Waals surface area contributed by atoms with Crippen molar-refractivity contribution in [2.75, 3.05) is 31.1 Å². The third kappa shape index (κ3) is 4.18. The second-order valence-corrected chi connectivity index (χ2v) is 7.96. The van der Waals surface area contributed by atoms with Gasteiger partial charge in [0.25, 0.3) is 0 Å². The van der Waals surface area contributed by atoms with Crippen LogP contribution in [0.25, 0.3) is 0 Å². The fraction of sp³-hybridized carbons (Fsp3) is 0.650. The van der Waals surface area contributed by atoms with Crippen LogP contribution in [-0.2, 0) is 4.79 Å². The van der Waals surface area contributed by atoms with Crippen LogP contribution in [-0.4, -0.2) is 43.3 Å². The Morgan fingerprint density at radius 3 is 2.81 bits per heavy atom. The minimum absolute atomic E-state index is 0.0153. The number of aliphatic hydroxyl groups excluding tert-OH is 1. The fourth-order valence-corrected chi connectivity index (χ4v) is 3.97. The van der Waals surface area contributed by atoms with E-state index in [0.29, 0.717) is 19.4 Å². The molecule has 1 aromatic rings. The molecule has 0 radical (unpaired) electrons. The third-order valence-electron chi connectivity index (χ3n) is 5.75. The van der Waals surface area contributed by atoms with Gasteiger partial charge in [-0.3, -0.25) is 4.79 Å². The molecule has 5 nitrogen and oxygen atoms in total. The van der Waals surface area contributed by atoms with Crippen molar-refractivity contribution in [3.05, 3.63) is 29.6 Å². The number of hydrogen-bond acceptors (Lipinski definition) is 4. The number of nitrogens with one attached hydrogen (secondary N) is 2. The molecule has 2 saturated heterocycles. The molecular weight excluding hydrogens is 333 g/mol. The summed E-state index contributed by atoms with van der Waals surface area (Å²) in [5.41, 5.74) is 1.31. The molecule has 3 rings (SSSR count). The lowest BCUT2D eigenvalue weighted by Crippen LogP contribution is -2.49. The Morgan fingerprint density at radius 1 is 1.42 bits per heavy atom. The molecule has 1 aromatic carbocycles. The SMILES string of the molecule is C[C@H](NC(=O)[C@@]1(C)CCCNC1)c1cc(F)ccc1N1CCC(O)CC1. The monoisotopic (exact) mass is 363 g/mol. The van der Waals surface area contributed by atoms with Gasteiger partial charge in [-0.15, -0.1) is 0 Å². The predicted octanol–water partition coefficient (Wildman–Crippen LogP) is 2.35. The number of nitrogens with zero attached hydrogens (tertiary/aromatic N) is 1. The summed E-state index contributed by atoms with van der Waals surface area (Å²) in [4.78, 5) is 15.0. The van der Waals surface area contributed by atoms with Crippen molar-refractivity contribution < 1.29 is 14.3 Å². The summed E-state index contributed by atoms with van der Waals surface area (Å²) < 4.78 is 13.9. The summed E-state index contributed by atoms with van der Waals surface area (Å²) in [6, 6.07) is 4.49. The topological polar surface area (TPSA) is 64.6 Å². The van der Waals surface area contributed by atoms with Gasteiger partial charge in [0.1, 0.15) is 5.82 Å². The Balaban J connectivity index is 1.76. The highest BCUT2D eigenvalue weighted by molar-refractivity contribution is 5.83. The van der Waals surface area contributed by atoms with E-state index in [1.807, 2.05) is 13.8 Å². The lowest BCUT2D eigenvalue weighted by atomic mass is 9.81. The number of piperidine rings is 2. The number of benzene rings is 1. The summed E-state index contributed by atoms with van der Waals surface area (Å²) in [5.74, 6) is -0.283. The normalized spacial score (nSPS) is 25.8. The number of anilines is 1. The van der Waals surface area contributed by atoms with Crippen molar-refractivity contribution >= 4 is 11.6 Å². The number of rotatable bonds is 4. The smallest absolute Gasteiger partial charge is 0.227 e. The zero-order valence-electron chi connectivity index (χ0n) is 15.7. The molecule has 2 aliphatic heterocycles. The van der Waals surface area contributed by atoms with Crippen LogP contribution in [0.2, 0.25) is 0 Å². The van der Waals surface area contributed by atoms with E-state index in [2.05, 4.69) is 15.5 Å². The number of aliphatic hydroxyl groups is 1. The molecule has 0 bridgehead atoms. The maximum Gasteiger partial charge on any atom is 0.227 e. The molecule has 0 aliphatic carbocycles. The van der Waals surface area contributed by atoms with E-state index >= 15 is 0 Å². The first kappa shape index (κ1) is 19.1. The minimum atomic E-state index is -0.421. The van der Waals surface area contributed by atoms with Gasteiger partial charge >= 0.3 is 0 Å². The zero-order valence-corrected chi connectivity index (χ0v) is 15.7. The first-order valence-corrected chi connectivity index (χ1v) is 9.63. The standard InChI is InChI=1S/C20H30FN3O2/c1-14(23-19(26)20(2)8-3-9-22-13-20)17-12-15(21)4-5-18(17)24-10-6-16(25)7-11-24/h4-5,12,14,16,22,25H,3,6-11,13H2,1-2H3,(H,23,26)/t14-,20-/m0/s1. The van der Waals surface area contributed by atoms with E-state index in [1.54, 1.807) is 6.07 Å². The molecule has 0 aromatic heterocycles. The van der Waals surface area contributed by atoms with Gasteiger partial charge in [0.2, 0.25) is 5.91 Å². The molecule has 2 atom stereocenters. The number of carbonyl (C=O) groups is 1. The Labute approximate surface area is 155 Å². The molecular formula is C20H30FN3O2. The second-order valence-electron chi connectivity index (χ2n) is 7.96. The first-order chi connectivity index (χ1) is 12.4. The molecule has 0 saturated carbocycles. The third-order valence-corrected chi connectivity index (χ3v) is 5.75. The lowest BCUT2D eigenvalue weighted by Gasteiger charge is -2.36. The highest BCUT2D eigenvalue weighted by Crippen LogP contribution is 2.32. The summed E-state index contributed by atoms with van der Waals surface area (Å²) >= 11 is 0. The van der Waals surface area contributed by atoms with Crippen molar-refractivity contribution in [2.45, 2.75) is 51.7 Å². The average Bonchev–Trinajstić information content (AvgIpc) is 2.63. The first-order valence-electron chi connectivity index (χ1n) is 9.63. The number of halogens is 1. The van der Waals surface area contributed by atoms with Crippen molar-refractivity contribution in [2.24, 2.45) is 5.41 Å². The molecule has 1 amide bonds. The molecule has 3 N–H and O–H groups in total. The van der Waals surface area contributed by atoms with E-state index in [0.717, 1.165) is 43.7 Å². The zero-order chi connectivity index (χ0) is 18.7. The molecule has 2 heterocycles. The molecule has 6 heteroatoms. The van der Waals surface area contributed by atoms with Crippen LogP contribution in [0.5, 0.6) is 0 Å². The highest BCUT2D eigenvalue weighted by Gasteiger charge is 2.35. The fourth-order valence-electron chi connectivity index (χ4n) is 3.97.